The van der Waals surface area contributed by atoms with Crippen molar-refractivity contribution in [3.63, 3.8) is 0 Å². The van der Waals surface area contributed by atoms with Crippen LogP contribution in [0.3, 0.4) is 0 Å². The van der Waals surface area contributed by atoms with Crippen LogP contribution >= 0.6 is 7.82 Å². The van der Waals surface area contributed by atoms with Gasteiger partial charge < -0.3 is 4.89 Å². The maximum atomic E-state index is 10.5. The average Bonchev–Trinajstić information content (AvgIpc) is 1.64. The number of phosphoric acid groups is 1. The van der Waals surface area contributed by atoms with Gasteiger partial charge in [0.1, 0.15) is 0 Å². The molecule has 0 unspecified atom stereocenters. The summed E-state index contributed by atoms with van der Waals surface area (Å²) in [6, 6.07) is 0. The van der Waals surface area contributed by atoms with E-state index in [-0.39, 0.29) is 57.8 Å². The van der Waals surface area contributed by atoms with E-state index < -0.39 is 7.82 Å². The van der Waals surface area contributed by atoms with Gasteiger partial charge >= 0.3 is 7.82 Å². The van der Waals surface area contributed by atoms with Gasteiger partial charge in [-0.3, -0.25) is 9.05 Å². The van der Waals surface area contributed by atoms with Crippen LogP contribution in [0.25, 0.3) is 0 Å². The van der Waals surface area contributed by atoms with Gasteiger partial charge in [-0.1, -0.05) is 44.6 Å². The predicted octanol–water partition coefficient (Wildman–Crippen LogP) is 4.98. The minimum absolute atomic E-state index is 0. The topological polar surface area (TPSA) is 55.8 Å². The highest BCUT2D eigenvalue weighted by atomic mass is 31.2. The summed E-state index contributed by atoms with van der Waals surface area (Å²) < 4.78 is 19.2. The van der Waals surface area contributed by atoms with Crippen LogP contribution in [0.15, 0.2) is 0 Å². The first-order valence-electron chi connectivity index (χ1n) is 2.74. The van der Waals surface area contributed by atoms with Crippen LogP contribution in [0.4, 0.5) is 0 Å². The zero-order chi connectivity index (χ0) is 7.33. The van der Waals surface area contributed by atoms with E-state index in [4.69, 9.17) is 4.89 Å². The summed E-state index contributed by atoms with van der Waals surface area (Å²) in [6.45, 7) is 3.63. The maximum Gasteiger partial charge on any atom is 0.472 e. The zero-order valence-electron chi connectivity index (χ0n) is 5.53. The molecule has 4 nitrogen and oxygen atoms in total. The van der Waals surface area contributed by atoms with Crippen LogP contribution in [0, 0.1) is 0 Å². The molecule has 0 rings (SSSR count). The fourth-order valence-corrected chi connectivity index (χ4v) is 1.09. The van der Waals surface area contributed by atoms with E-state index in [1.807, 2.05) is 0 Å². The third-order valence-corrected chi connectivity index (χ3v) is 1.75. The molecule has 5 heteroatoms. The molecule has 0 saturated heterocycles. The lowest BCUT2D eigenvalue weighted by Gasteiger charge is -2.07. The highest BCUT2D eigenvalue weighted by molar-refractivity contribution is 7.47. The predicted molar refractivity (Wildman–Crippen MR) is 73.5 cm³/mol. The van der Waals surface area contributed by atoms with Crippen LogP contribution in [-0.2, 0) is 13.6 Å². The van der Waals surface area contributed by atoms with Crippen LogP contribution in [0.1, 0.15) is 58.4 Å². The van der Waals surface area contributed by atoms with E-state index in [9.17, 15) is 4.57 Å². The molecule has 0 heterocycles. The van der Waals surface area contributed by atoms with Crippen molar-refractivity contribution in [2.45, 2.75) is 58.4 Å². The fourth-order valence-electron chi connectivity index (χ4n) is 0.364. The van der Waals surface area contributed by atoms with Crippen molar-refractivity contribution in [1.82, 2.24) is 0 Å². The highest BCUT2D eigenvalue weighted by Crippen LogP contribution is 2.42. The van der Waals surface area contributed by atoms with Gasteiger partial charge in [-0.15, -0.1) is 0 Å². The molecule has 0 radical (unpaired) electrons. The Labute approximate surface area is 98.6 Å². The Morgan fingerprint density at radius 1 is 0.867 bits per heavy atom. The highest BCUT2D eigenvalue weighted by Gasteiger charge is 2.17. The SMILES string of the molecule is C.C.C.C.C.C.CCOP(=O)(O)OCC. The lowest BCUT2D eigenvalue weighted by Crippen LogP contribution is -1.93. The minimum atomic E-state index is -3.69. The van der Waals surface area contributed by atoms with E-state index in [2.05, 4.69) is 9.05 Å². The smallest absolute Gasteiger partial charge is 0.302 e. The Bertz CT molecular complexity index is 108. The second-order valence-corrected chi connectivity index (χ2v) is 2.76. The quantitative estimate of drug-likeness (QED) is 0.715. The Morgan fingerprint density at radius 3 is 1.20 bits per heavy atom. The molecule has 0 fully saturated rings. The molecule has 0 saturated carbocycles. The molecular formula is C10H35O4P. The zero-order valence-corrected chi connectivity index (χ0v) is 6.43. The van der Waals surface area contributed by atoms with Crippen molar-refractivity contribution in [2.24, 2.45) is 0 Å². The van der Waals surface area contributed by atoms with Gasteiger partial charge in [-0.05, 0) is 13.8 Å². The van der Waals surface area contributed by atoms with Gasteiger partial charge in [0.25, 0.3) is 0 Å². The van der Waals surface area contributed by atoms with Gasteiger partial charge in [0.05, 0.1) is 13.2 Å². The van der Waals surface area contributed by atoms with Crippen molar-refractivity contribution in [1.29, 1.82) is 0 Å². The molecule has 0 spiro atoms. The summed E-state index contributed by atoms with van der Waals surface area (Å²) in [7, 11) is -3.69. The van der Waals surface area contributed by atoms with Crippen LogP contribution < -0.4 is 0 Å². The lowest BCUT2D eigenvalue weighted by atomic mass is 10.9. The maximum absolute atomic E-state index is 10.5. The summed E-state index contributed by atoms with van der Waals surface area (Å²) >= 11 is 0. The number of hydrogen-bond donors (Lipinski definition) is 1. The first-order valence-corrected chi connectivity index (χ1v) is 4.23. The molecule has 0 aromatic rings. The van der Waals surface area contributed by atoms with Crippen molar-refractivity contribution >= 4 is 7.82 Å². The first kappa shape index (κ1) is 45.7. The van der Waals surface area contributed by atoms with Crippen LogP contribution in [0.5, 0.6) is 0 Å². The van der Waals surface area contributed by atoms with E-state index >= 15 is 0 Å². The van der Waals surface area contributed by atoms with Crippen molar-refractivity contribution in [3.05, 3.63) is 0 Å². The van der Waals surface area contributed by atoms with E-state index in [1.165, 1.54) is 0 Å². The largest absolute Gasteiger partial charge is 0.472 e. The van der Waals surface area contributed by atoms with Crippen molar-refractivity contribution < 1.29 is 18.5 Å². The summed E-state index contributed by atoms with van der Waals surface area (Å²) in [6.07, 6.45) is 0. The summed E-state index contributed by atoms with van der Waals surface area (Å²) in [4.78, 5) is 8.63. The fraction of sp³-hybridized carbons (Fsp3) is 1.00. The molecule has 15 heavy (non-hydrogen) atoms. The summed E-state index contributed by atoms with van der Waals surface area (Å²) in [5, 5.41) is 0. The monoisotopic (exact) mass is 250 g/mol. The normalized spacial score (nSPS) is 7.13. The molecular weight excluding hydrogens is 215 g/mol. The molecule has 1 N–H and O–H groups in total. The van der Waals surface area contributed by atoms with Crippen LogP contribution in [-0.4, -0.2) is 18.1 Å². The number of phosphoric ester groups is 1. The number of hydrogen-bond acceptors (Lipinski definition) is 3. The molecule has 0 bridgehead atoms. The second-order valence-electron chi connectivity index (χ2n) is 1.30. The van der Waals surface area contributed by atoms with E-state index in [1.54, 1.807) is 13.8 Å². The standard InChI is InChI=1S/C4H11O4P.6CH4/c1-3-7-9(5,6)8-4-2;;;;;;/h3-4H2,1-2H3,(H,5,6);6*1H4. The molecule has 0 aliphatic carbocycles. The first-order chi connectivity index (χ1) is 4.12. The summed E-state index contributed by atoms with van der Waals surface area (Å²) in [5.74, 6) is 0. The Morgan fingerprint density at radius 2 is 1.07 bits per heavy atom. The molecule has 0 aromatic heterocycles. The van der Waals surface area contributed by atoms with Crippen molar-refractivity contribution in [3.8, 4) is 0 Å². The third-order valence-electron chi connectivity index (χ3n) is 0.584. The Balaban J connectivity index is -0.0000000213. The summed E-state index contributed by atoms with van der Waals surface area (Å²) in [5.41, 5.74) is 0. The minimum Gasteiger partial charge on any atom is -0.302 e. The Kier molecular flexibility index (Phi) is 72.3. The third kappa shape index (κ3) is 31.5. The van der Waals surface area contributed by atoms with Gasteiger partial charge in [0, 0.05) is 0 Å². The molecule has 0 aliphatic rings. The average molecular weight is 250 g/mol. The number of rotatable bonds is 4. The molecule has 104 valence electrons. The second kappa shape index (κ2) is 23.7. The van der Waals surface area contributed by atoms with Gasteiger partial charge in [-0.2, -0.15) is 0 Å². The molecule has 0 amide bonds. The molecule has 0 aliphatic heterocycles. The lowest BCUT2D eigenvalue weighted by molar-refractivity contribution is 0.161. The van der Waals surface area contributed by atoms with Gasteiger partial charge in [-0.25, -0.2) is 4.57 Å². The van der Waals surface area contributed by atoms with Crippen molar-refractivity contribution in [2.75, 3.05) is 13.2 Å². The van der Waals surface area contributed by atoms with Gasteiger partial charge in [0.2, 0.25) is 0 Å². The molecule has 0 atom stereocenters. The van der Waals surface area contributed by atoms with E-state index in [0.717, 1.165) is 0 Å². The Hall–Kier alpha value is 0.110. The van der Waals surface area contributed by atoms with Gasteiger partial charge in [0.15, 0.2) is 0 Å². The van der Waals surface area contributed by atoms with E-state index in [0.29, 0.717) is 0 Å². The van der Waals surface area contributed by atoms with Crippen LogP contribution in [0.2, 0.25) is 0 Å². The molecule has 0 aromatic carbocycles.